The molecule has 1 fully saturated rings. The highest BCUT2D eigenvalue weighted by Crippen LogP contribution is 2.22. The van der Waals surface area contributed by atoms with E-state index < -0.39 is 9.84 Å². The molecular formula is C18H22N4O3S. The zero-order valence-electron chi connectivity index (χ0n) is 14.5. The largest absolute Gasteiger partial charge is 0.337 e. The number of sulfone groups is 1. The van der Waals surface area contributed by atoms with Crippen LogP contribution in [0.2, 0.25) is 0 Å². The third kappa shape index (κ3) is 4.40. The predicted molar refractivity (Wildman–Crippen MR) is 99.6 cm³/mol. The Labute approximate surface area is 153 Å². The first kappa shape index (κ1) is 18.4. The van der Waals surface area contributed by atoms with Gasteiger partial charge in [0, 0.05) is 31.2 Å². The number of hydrogen-bond acceptors (Lipinski definition) is 5. The van der Waals surface area contributed by atoms with Crippen molar-refractivity contribution >= 4 is 21.6 Å². The number of nitrogens with one attached hydrogen (secondary N) is 4. The van der Waals surface area contributed by atoms with E-state index in [-0.39, 0.29) is 15.8 Å². The van der Waals surface area contributed by atoms with Gasteiger partial charge in [-0.3, -0.25) is 10.9 Å². The van der Waals surface area contributed by atoms with Gasteiger partial charge in [0.1, 0.15) is 0 Å². The Bertz CT molecular complexity index is 858. The minimum atomic E-state index is -3.56. The number of hydrazine groups is 1. The monoisotopic (exact) mass is 374 g/mol. The maximum Gasteiger partial charge on any atom is 0.319 e. The van der Waals surface area contributed by atoms with Crippen molar-refractivity contribution in [2.24, 2.45) is 5.92 Å². The molecule has 0 unspecified atom stereocenters. The molecule has 0 spiro atoms. The second-order valence-corrected chi connectivity index (χ2v) is 8.25. The Morgan fingerprint density at radius 2 is 1.54 bits per heavy atom. The standard InChI is InChI=1S/C18H22N4O3S/c1-13-2-6-16(7-3-13)26(24,25)17-8-4-15(5-9-17)22-18(23)19-10-14-11-20-21-12-14/h2-9,14,20-21H,10-12H2,1H3,(H2,19,22,23). The first-order chi connectivity index (χ1) is 12.4. The molecule has 8 heteroatoms. The third-order valence-corrected chi connectivity index (χ3v) is 6.00. The molecule has 1 aliphatic rings. The van der Waals surface area contributed by atoms with Gasteiger partial charge in [-0.15, -0.1) is 0 Å². The van der Waals surface area contributed by atoms with E-state index in [4.69, 9.17) is 0 Å². The van der Waals surface area contributed by atoms with E-state index >= 15 is 0 Å². The number of carbonyl (C=O) groups excluding carboxylic acids is 1. The molecular weight excluding hydrogens is 352 g/mol. The Balaban J connectivity index is 1.62. The lowest BCUT2D eigenvalue weighted by Gasteiger charge is -2.11. The molecule has 0 atom stereocenters. The summed E-state index contributed by atoms with van der Waals surface area (Å²) in [7, 11) is -3.56. The Hall–Kier alpha value is -2.42. The zero-order chi connectivity index (χ0) is 18.6. The van der Waals surface area contributed by atoms with Gasteiger partial charge in [0.2, 0.25) is 9.84 Å². The van der Waals surface area contributed by atoms with Crippen molar-refractivity contribution in [1.82, 2.24) is 16.2 Å². The molecule has 0 aliphatic carbocycles. The minimum Gasteiger partial charge on any atom is -0.337 e. The van der Waals surface area contributed by atoms with Crippen LogP contribution in [0.1, 0.15) is 5.56 Å². The van der Waals surface area contributed by atoms with E-state index in [0.717, 1.165) is 18.7 Å². The first-order valence-electron chi connectivity index (χ1n) is 8.37. The van der Waals surface area contributed by atoms with Crippen molar-refractivity contribution in [2.45, 2.75) is 16.7 Å². The lowest BCUT2D eigenvalue weighted by Crippen LogP contribution is -2.34. The minimum absolute atomic E-state index is 0.190. The second kappa shape index (κ2) is 7.86. The summed E-state index contributed by atoms with van der Waals surface area (Å²) in [5, 5.41) is 5.51. The van der Waals surface area contributed by atoms with E-state index in [0.29, 0.717) is 18.2 Å². The molecule has 0 saturated carbocycles. The van der Waals surface area contributed by atoms with Crippen LogP contribution in [0.5, 0.6) is 0 Å². The Morgan fingerprint density at radius 1 is 1.00 bits per heavy atom. The van der Waals surface area contributed by atoms with Gasteiger partial charge in [-0.25, -0.2) is 13.2 Å². The van der Waals surface area contributed by atoms with Gasteiger partial charge in [-0.1, -0.05) is 17.7 Å². The van der Waals surface area contributed by atoms with Gasteiger partial charge in [0.25, 0.3) is 0 Å². The van der Waals surface area contributed by atoms with E-state index in [2.05, 4.69) is 21.5 Å². The Kier molecular flexibility index (Phi) is 5.55. The molecule has 26 heavy (non-hydrogen) atoms. The van der Waals surface area contributed by atoms with Crippen LogP contribution in [-0.4, -0.2) is 34.1 Å². The maximum absolute atomic E-state index is 12.6. The fraction of sp³-hybridized carbons (Fsp3) is 0.278. The fourth-order valence-electron chi connectivity index (χ4n) is 2.63. The highest BCUT2D eigenvalue weighted by atomic mass is 32.2. The number of hydrogen-bond donors (Lipinski definition) is 4. The number of aryl methyl sites for hydroxylation is 1. The number of benzene rings is 2. The first-order valence-corrected chi connectivity index (χ1v) is 9.86. The average Bonchev–Trinajstić information content (AvgIpc) is 3.14. The molecule has 1 aliphatic heterocycles. The van der Waals surface area contributed by atoms with Crippen LogP contribution >= 0.6 is 0 Å². The molecule has 1 saturated heterocycles. The van der Waals surface area contributed by atoms with Crippen LogP contribution < -0.4 is 21.5 Å². The van der Waals surface area contributed by atoms with Crippen LogP contribution in [0.15, 0.2) is 58.3 Å². The summed E-state index contributed by atoms with van der Waals surface area (Å²) >= 11 is 0. The molecule has 0 bridgehead atoms. The number of rotatable bonds is 5. The van der Waals surface area contributed by atoms with Gasteiger partial charge >= 0.3 is 6.03 Å². The molecule has 138 valence electrons. The smallest absolute Gasteiger partial charge is 0.319 e. The molecule has 3 rings (SSSR count). The lowest BCUT2D eigenvalue weighted by atomic mass is 10.2. The molecule has 0 aromatic heterocycles. The van der Waals surface area contributed by atoms with E-state index in [9.17, 15) is 13.2 Å². The SMILES string of the molecule is Cc1ccc(S(=O)(=O)c2ccc(NC(=O)NCC3CNNC3)cc2)cc1. The summed E-state index contributed by atoms with van der Waals surface area (Å²) in [5.41, 5.74) is 7.54. The van der Waals surface area contributed by atoms with Gasteiger partial charge in [-0.2, -0.15) is 0 Å². The van der Waals surface area contributed by atoms with Gasteiger partial charge in [0.15, 0.2) is 0 Å². The highest BCUT2D eigenvalue weighted by Gasteiger charge is 2.18. The molecule has 2 aromatic rings. The van der Waals surface area contributed by atoms with Crippen molar-refractivity contribution in [3.8, 4) is 0 Å². The van der Waals surface area contributed by atoms with Crippen molar-refractivity contribution in [1.29, 1.82) is 0 Å². The van der Waals surface area contributed by atoms with Gasteiger partial charge in [0.05, 0.1) is 9.79 Å². The maximum atomic E-state index is 12.6. The van der Waals surface area contributed by atoms with Gasteiger partial charge in [-0.05, 0) is 43.3 Å². The van der Waals surface area contributed by atoms with Crippen molar-refractivity contribution in [3.05, 3.63) is 54.1 Å². The van der Waals surface area contributed by atoms with Crippen LogP contribution in [0.3, 0.4) is 0 Å². The summed E-state index contributed by atoms with van der Waals surface area (Å²) in [6, 6.07) is 12.6. The third-order valence-electron chi connectivity index (χ3n) is 4.21. The number of urea groups is 1. The van der Waals surface area contributed by atoms with Gasteiger partial charge < -0.3 is 10.6 Å². The van der Waals surface area contributed by atoms with Crippen molar-refractivity contribution in [3.63, 3.8) is 0 Å². The predicted octanol–water partition coefficient (Wildman–Crippen LogP) is 1.67. The second-order valence-electron chi connectivity index (χ2n) is 6.30. The topological polar surface area (TPSA) is 99.3 Å². The zero-order valence-corrected chi connectivity index (χ0v) is 15.3. The van der Waals surface area contributed by atoms with Crippen LogP contribution in [0.4, 0.5) is 10.5 Å². The van der Waals surface area contributed by atoms with Crippen molar-refractivity contribution in [2.75, 3.05) is 25.0 Å². The summed E-state index contributed by atoms with van der Waals surface area (Å²) in [5.74, 6) is 0.350. The number of carbonyl (C=O) groups is 1. The number of amides is 2. The van der Waals surface area contributed by atoms with Crippen LogP contribution in [0.25, 0.3) is 0 Å². The lowest BCUT2D eigenvalue weighted by molar-refractivity contribution is 0.250. The highest BCUT2D eigenvalue weighted by molar-refractivity contribution is 7.91. The normalized spacial score (nSPS) is 15.0. The summed E-state index contributed by atoms with van der Waals surface area (Å²) in [6.07, 6.45) is 0. The quantitative estimate of drug-likeness (QED) is 0.638. The molecule has 1 heterocycles. The van der Waals surface area contributed by atoms with Crippen LogP contribution in [0, 0.1) is 12.8 Å². The molecule has 2 aromatic carbocycles. The molecule has 2 amide bonds. The van der Waals surface area contributed by atoms with E-state index in [1.54, 1.807) is 36.4 Å². The summed E-state index contributed by atoms with van der Waals surface area (Å²) < 4.78 is 25.2. The summed E-state index contributed by atoms with van der Waals surface area (Å²) in [6.45, 7) is 4.09. The molecule has 4 N–H and O–H groups in total. The van der Waals surface area contributed by atoms with E-state index in [1.165, 1.54) is 12.1 Å². The molecule has 7 nitrogen and oxygen atoms in total. The number of anilines is 1. The van der Waals surface area contributed by atoms with E-state index in [1.807, 2.05) is 6.92 Å². The van der Waals surface area contributed by atoms with Crippen LogP contribution in [-0.2, 0) is 9.84 Å². The average molecular weight is 374 g/mol. The molecule has 0 radical (unpaired) electrons. The fourth-order valence-corrected chi connectivity index (χ4v) is 3.89. The Morgan fingerprint density at radius 3 is 2.12 bits per heavy atom. The summed E-state index contributed by atoms with van der Waals surface area (Å²) in [4.78, 5) is 12.4. The van der Waals surface area contributed by atoms with Crippen molar-refractivity contribution < 1.29 is 13.2 Å².